The monoisotopic (exact) mass is 259 g/mol. The molecule has 0 bridgehead atoms. The second kappa shape index (κ2) is 5.84. The summed E-state index contributed by atoms with van der Waals surface area (Å²) in [5.74, 6) is 3.35. The quantitative estimate of drug-likeness (QED) is 0.425. The maximum Gasteiger partial charge on any atom is 0.129 e. The number of nitrogens with zero attached hydrogens (tertiary/aromatic N) is 1. The van der Waals surface area contributed by atoms with Gasteiger partial charge in [-0.3, -0.25) is 4.90 Å². The highest BCUT2D eigenvalue weighted by Crippen LogP contribution is 2.44. The molecule has 0 aromatic heterocycles. The number of rotatable bonds is 5. The molecule has 2 fully saturated rings. The van der Waals surface area contributed by atoms with Crippen molar-refractivity contribution in [3.63, 3.8) is 0 Å². The summed E-state index contributed by atoms with van der Waals surface area (Å²) in [4.78, 5) is 2.61. The van der Waals surface area contributed by atoms with Crippen LogP contribution in [0.2, 0.25) is 0 Å². The molecule has 0 aromatic rings. The Bertz CT molecular complexity index is 395. The zero-order valence-corrected chi connectivity index (χ0v) is 12.0. The van der Waals surface area contributed by atoms with Crippen molar-refractivity contribution in [2.45, 2.75) is 63.1 Å². The first-order valence-corrected chi connectivity index (χ1v) is 7.30. The van der Waals surface area contributed by atoms with E-state index in [1.165, 1.54) is 25.8 Å². The number of allylic oxidation sites excluding steroid dienone is 1. The van der Waals surface area contributed by atoms with Gasteiger partial charge in [-0.1, -0.05) is 25.0 Å². The first-order chi connectivity index (χ1) is 9.13. The van der Waals surface area contributed by atoms with Gasteiger partial charge in [0.2, 0.25) is 0 Å². The van der Waals surface area contributed by atoms with Crippen molar-refractivity contribution < 1.29 is 4.74 Å². The van der Waals surface area contributed by atoms with Gasteiger partial charge < -0.3 is 4.74 Å². The van der Waals surface area contributed by atoms with Crippen LogP contribution in [0.15, 0.2) is 25.0 Å². The molecule has 0 aliphatic carbocycles. The van der Waals surface area contributed by atoms with Gasteiger partial charge in [0.25, 0.3) is 0 Å². The van der Waals surface area contributed by atoms with Crippen LogP contribution in [-0.2, 0) is 4.74 Å². The van der Waals surface area contributed by atoms with Crippen LogP contribution in [0, 0.1) is 12.3 Å². The lowest BCUT2D eigenvalue weighted by molar-refractivity contribution is -0.0361. The number of ether oxygens (including phenoxy) is 1. The minimum atomic E-state index is -0.157. The Hall–Kier alpha value is -1.20. The van der Waals surface area contributed by atoms with E-state index in [2.05, 4.69) is 30.9 Å². The van der Waals surface area contributed by atoms with Crippen molar-refractivity contribution in [3.05, 3.63) is 25.0 Å². The van der Waals surface area contributed by atoms with Gasteiger partial charge in [0.15, 0.2) is 0 Å². The molecular formula is C17H25NO. The minimum Gasteiger partial charge on any atom is -0.489 e. The molecular weight excluding hydrogens is 234 g/mol. The Kier molecular flexibility index (Phi) is 4.37. The molecule has 2 heterocycles. The molecule has 0 radical (unpaired) electrons. The third-order valence-corrected chi connectivity index (χ3v) is 4.50. The van der Waals surface area contributed by atoms with Crippen molar-refractivity contribution in [2.24, 2.45) is 0 Å². The first kappa shape index (κ1) is 14.2. The molecule has 0 N–H and O–H groups in total. The lowest BCUT2D eigenvalue weighted by atomic mass is 9.85. The number of hydrogen-bond donors (Lipinski definition) is 0. The summed E-state index contributed by atoms with van der Waals surface area (Å²) in [6.07, 6.45) is 13.6. The Labute approximate surface area is 117 Å². The van der Waals surface area contributed by atoms with Crippen LogP contribution >= 0.6 is 0 Å². The van der Waals surface area contributed by atoms with E-state index in [0.717, 1.165) is 18.6 Å². The van der Waals surface area contributed by atoms with Gasteiger partial charge in [-0.05, 0) is 26.3 Å². The molecule has 2 heteroatoms. The SMILES string of the molecule is C#CCC(=C)OC1(CC=C)CC(C)N2CCCCC21. The maximum absolute atomic E-state index is 6.27. The summed E-state index contributed by atoms with van der Waals surface area (Å²) in [5, 5.41) is 0. The summed E-state index contributed by atoms with van der Waals surface area (Å²) in [5.41, 5.74) is -0.157. The van der Waals surface area contributed by atoms with E-state index >= 15 is 0 Å². The lowest BCUT2D eigenvalue weighted by Crippen LogP contribution is -2.48. The first-order valence-electron chi connectivity index (χ1n) is 7.30. The number of hydrogen-bond acceptors (Lipinski definition) is 2. The molecule has 0 amide bonds. The predicted molar refractivity (Wildman–Crippen MR) is 79.6 cm³/mol. The van der Waals surface area contributed by atoms with E-state index in [1.54, 1.807) is 0 Å². The summed E-state index contributed by atoms with van der Waals surface area (Å²) < 4.78 is 6.27. The van der Waals surface area contributed by atoms with E-state index in [9.17, 15) is 0 Å². The normalized spacial score (nSPS) is 34.3. The zero-order valence-electron chi connectivity index (χ0n) is 12.0. The van der Waals surface area contributed by atoms with Gasteiger partial charge in [0, 0.05) is 24.9 Å². The largest absolute Gasteiger partial charge is 0.489 e. The third kappa shape index (κ3) is 2.72. The Balaban J connectivity index is 2.20. The van der Waals surface area contributed by atoms with Crippen molar-refractivity contribution in [2.75, 3.05) is 6.54 Å². The highest BCUT2D eigenvalue weighted by atomic mass is 16.5. The van der Waals surface area contributed by atoms with Gasteiger partial charge in [-0.25, -0.2) is 0 Å². The fourth-order valence-electron chi connectivity index (χ4n) is 3.85. The molecule has 2 rings (SSSR count). The van der Waals surface area contributed by atoms with Gasteiger partial charge in [0.05, 0.1) is 6.42 Å². The molecule has 3 atom stereocenters. The Morgan fingerprint density at radius 1 is 1.58 bits per heavy atom. The maximum atomic E-state index is 6.27. The van der Waals surface area contributed by atoms with E-state index in [-0.39, 0.29) is 5.60 Å². The Morgan fingerprint density at radius 3 is 3.05 bits per heavy atom. The molecule has 2 aliphatic rings. The molecule has 2 nitrogen and oxygen atoms in total. The zero-order chi connectivity index (χ0) is 13.9. The van der Waals surface area contributed by atoms with E-state index in [0.29, 0.717) is 18.5 Å². The van der Waals surface area contributed by atoms with Crippen LogP contribution in [0.1, 0.15) is 45.4 Å². The summed E-state index contributed by atoms with van der Waals surface area (Å²) in [6, 6.07) is 1.06. The van der Waals surface area contributed by atoms with Crippen molar-refractivity contribution in [1.82, 2.24) is 4.90 Å². The second-order valence-electron chi connectivity index (χ2n) is 5.88. The van der Waals surface area contributed by atoms with Crippen LogP contribution in [0.5, 0.6) is 0 Å². The van der Waals surface area contributed by atoms with Gasteiger partial charge in [-0.15, -0.1) is 13.0 Å². The molecule has 0 spiro atoms. The minimum absolute atomic E-state index is 0.157. The molecule has 2 aliphatic heterocycles. The van der Waals surface area contributed by atoms with Crippen LogP contribution in [-0.4, -0.2) is 29.1 Å². The fourth-order valence-corrected chi connectivity index (χ4v) is 3.85. The standard InChI is InChI=1S/C17H25NO/c1-5-9-15(4)19-17(11-6-2)13-14(3)18-12-8-7-10-16(17)18/h1,6,14,16H,2,4,7-13H2,3H3. The summed E-state index contributed by atoms with van der Waals surface area (Å²) in [6.45, 7) is 11.4. The number of terminal acetylenes is 1. The Morgan fingerprint density at radius 2 is 2.37 bits per heavy atom. The molecule has 104 valence electrons. The average Bonchev–Trinajstić information content (AvgIpc) is 2.64. The fraction of sp³-hybridized carbons (Fsp3) is 0.647. The van der Waals surface area contributed by atoms with Crippen LogP contribution in [0.4, 0.5) is 0 Å². The summed E-state index contributed by atoms with van der Waals surface area (Å²) in [7, 11) is 0. The predicted octanol–water partition coefficient (Wildman–Crippen LogP) is 3.50. The number of fused-ring (bicyclic) bond motifs is 1. The molecule has 19 heavy (non-hydrogen) atoms. The average molecular weight is 259 g/mol. The van der Waals surface area contributed by atoms with E-state index in [4.69, 9.17) is 11.2 Å². The molecule has 2 saturated heterocycles. The van der Waals surface area contributed by atoms with Crippen molar-refractivity contribution >= 4 is 0 Å². The second-order valence-corrected chi connectivity index (χ2v) is 5.88. The van der Waals surface area contributed by atoms with Crippen LogP contribution in [0.3, 0.4) is 0 Å². The molecule has 3 unspecified atom stereocenters. The van der Waals surface area contributed by atoms with E-state index < -0.39 is 0 Å². The van der Waals surface area contributed by atoms with E-state index in [1.807, 2.05) is 6.08 Å². The van der Waals surface area contributed by atoms with Gasteiger partial charge >= 0.3 is 0 Å². The lowest BCUT2D eigenvalue weighted by Gasteiger charge is -2.41. The van der Waals surface area contributed by atoms with Gasteiger partial charge in [-0.2, -0.15) is 0 Å². The smallest absolute Gasteiger partial charge is 0.129 e. The van der Waals surface area contributed by atoms with Gasteiger partial charge in [0.1, 0.15) is 11.4 Å². The topological polar surface area (TPSA) is 12.5 Å². The van der Waals surface area contributed by atoms with Crippen molar-refractivity contribution in [3.8, 4) is 12.3 Å². The highest BCUT2D eigenvalue weighted by Gasteiger charge is 2.52. The summed E-state index contributed by atoms with van der Waals surface area (Å²) >= 11 is 0. The number of piperidine rings is 1. The van der Waals surface area contributed by atoms with Crippen LogP contribution in [0.25, 0.3) is 0 Å². The third-order valence-electron chi connectivity index (χ3n) is 4.50. The van der Waals surface area contributed by atoms with Crippen molar-refractivity contribution in [1.29, 1.82) is 0 Å². The molecule has 0 saturated carbocycles. The highest BCUT2D eigenvalue weighted by molar-refractivity contribution is 5.11. The molecule has 0 aromatic carbocycles. The van der Waals surface area contributed by atoms with Crippen LogP contribution < -0.4 is 0 Å².